The molecule has 1 heterocycles. The van der Waals surface area contributed by atoms with Gasteiger partial charge < -0.3 is 9.47 Å². The third kappa shape index (κ3) is 3.97. The van der Waals surface area contributed by atoms with Crippen LogP contribution in [0.5, 0.6) is 0 Å². The van der Waals surface area contributed by atoms with Crippen molar-refractivity contribution in [2.45, 2.75) is 32.2 Å². The second kappa shape index (κ2) is 6.21. The first-order chi connectivity index (χ1) is 9.15. The maximum Gasteiger partial charge on any atom is 0.303 e. The van der Waals surface area contributed by atoms with Crippen LogP contribution in [0.3, 0.4) is 0 Å². The van der Waals surface area contributed by atoms with Crippen LogP contribution in [0.1, 0.15) is 19.4 Å². The van der Waals surface area contributed by atoms with E-state index in [9.17, 15) is 4.79 Å². The standard InChI is InChI=1S/C16H16O3/c1-12-16(19-13(2)17)11-10-15(18-12)9-8-14-6-4-3-5-7-14/h3-7,10-12,15-16H,1-2H3/t12-,15+,16+/m0/s1. The average molecular weight is 256 g/mol. The third-order valence-electron chi connectivity index (χ3n) is 2.73. The molecule has 3 heteroatoms. The van der Waals surface area contributed by atoms with Gasteiger partial charge in [-0.25, -0.2) is 0 Å². The molecule has 19 heavy (non-hydrogen) atoms. The smallest absolute Gasteiger partial charge is 0.303 e. The van der Waals surface area contributed by atoms with E-state index in [1.54, 1.807) is 0 Å². The van der Waals surface area contributed by atoms with E-state index >= 15 is 0 Å². The Hall–Kier alpha value is -2.05. The largest absolute Gasteiger partial charge is 0.456 e. The van der Waals surface area contributed by atoms with Crippen molar-refractivity contribution < 1.29 is 14.3 Å². The van der Waals surface area contributed by atoms with Gasteiger partial charge in [0, 0.05) is 12.5 Å². The summed E-state index contributed by atoms with van der Waals surface area (Å²) in [6.45, 7) is 3.26. The van der Waals surface area contributed by atoms with E-state index in [0.717, 1.165) is 5.56 Å². The fraction of sp³-hybridized carbons (Fsp3) is 0.312. The van der Waals surface area contributed by atoms with Crippen molar-refractivity contribution >= 4 is 5.97 Å². The fourth-order valence-corrected chi connectivity index (χ4v) is 1.81. The summed E-state index contributed by atoms with van der Waals surface area (Å²) in [5.74, 6) is 5.79. The van der Waals surface area contributed by atoms with Gasteiger partial charge in [0.25, 0.3) is 0 Å². The highest BCUT2D eigenvalue weighted by Gasteiger charge is 2.24. The lowest BCUT2D eigenvalue weighted by atomic mass is 10.1. The number of carbonyl (C=O) groups is 1. The van der Waals surface area contributed by atoms with Crippen molar-refractivity contribution in [3.8, 4) is 11.8 Å². The number of benzene rings is 1. The minimum absolute atomic E-state index is 0.191. The number of hydrogen-bond acceptors (Lipinski definition) is 3. The Morgan fingerprint density at radius 3 is 2.63 bits per heavy atom. The molecule has 98 valence electrons. The molecule has 0 saturated carbocycles. The van der Waals surface area contributed by atoms with Gasteiger partial charge in [0.1, 0.15) is 12.2 Å². The minimum atomic E-state index is -0.327. The van der Waals surface area contributed by atoms with Gasteiger partial charge in [-0.3, -0.25) is 4.79 Å². The molecule has 1 aliphatic rings. The lowest BCUT2D eigenvalue weighted by Gasteiger charge is -2.27. The van der Waals surface area contributed by atoms with Crippen LogP contribution in [0.15, 0.2) is 42.5 Å². The molecule has 2 rings (SSSR count). The van der Waals surface area contributed by atoms with E-state index in [1.165, 1.54) is 6.92 Å². The third-order valence-corrected chi connectivity index (χ3v) is 2.73. The van der Waals surface area contributed by atoms with Crippen molar-refractivity contribution in [3.63, 3.8) is 0 Å². The SMILES string of the molecule is CC(=O)O[C@@H]1C=C[C@@H](C#Cc2ccccc2)O[C@H]1C. The van der Waals surface area contributed by atoms with Gasteiger partial charge >= 0.3 is 5.97 Å². The van der Waals surface area contributed by atoms with Gasteiger partial charge in [0.05, 0.1) is 6.10 Å². The van der Waals surface area contributed by atoms with E-state index in [0.29, 0.717) is 0 Å². The quantitative estimate of drug-likeness (QED) is 0.439. The second-order valence-corrected chi connectivity index (χ2v) is 4.36. The van der Waals surface area contributed by atoms with Gasteiger partial charge in [-0.15, -0.1) is 0 Å². The van der Waals surface area contributed by atoms with Crippen LogP contribution in [0.4, 0.5) is 0 Å². The molecule has 0 spiro atoms. The predicted molar refractivity (Wildman–Crippen MR) is 72.3 cm³/mol. The van der Waals surface area contributed by atoms with E-state index in [-0.39, 0.29) is 24.3 Å². The number of esters is 1. The summed E-state index contributed by atoms with van der Waals surface area (Å²) in [7, 11) is 0. The number of rotatable bonds is 1. The highest BCUT2D eigenvalue weighted by atomic mass is 16.6. The van der Waals surface area contributed by atoms with E-state index in [1.807, 2.05) is 49.4 Å². The zero-order chi connectivity index (χ0) is 13.7. The van der Waals surface area contributed by atoms with Gasteiger partial charge in [-0.05, 0) is 31.2 Å². The van der Waals surface area contributed by atoms with E-state index in [4.69, 9.17) is 9.47 Å². The van der Waals surface area contributed by atoms with Crippen LogP contribution in [0.2, 0.25) is 0 Å². The number of ether oxygens (including phenoxy) is 2. The van der Waals surface area contributed by atoms with Gasteiger partial charge in [0.15, 0.2) is 0 Å². The molecule has 3 nitrogen and oxygen atoms in total. The highest BCUT2D eigenvalue weighted by molar-refractivity contribution is 5.66. The molecular formula is C16H16O3. The van der Waals surface area contributed by atoms with Crippen LogP contribution in [0.25, 0.3) is 0 Å². The average Bonchev–Trinajstić information content (AvgIpc) is 2.40. The molecule has 0 N–H and O–H groups in total. The molecule has 0 radical (unpaired) electrons. The van der Waals surface area contributed by atoms with Crippen LogP contribution < -0.4 is 0 Å². The molecule has 1 aromatic rings. The monoisotopic (exact) mass is 256 g/mol. The Morgan fingerprint density at radius 2 is 2.00 bits per heavy atom. The van der Waals surface area contributed by atoms with Crippen LogP contribution in [-0.4, -0.2) is 24.3 Å². The van der Waals surface area contributed by atoms with Crippen molar-refractivity contribution in [2.24, 2.45) is 0 Å². The normalized spacial score (nSPS) is 25.3. The van der Waals surface area contributed by atoms with Crippen LogP contribution in [-0.2, 0) is 14.3 Å². The van der Waals surface area contributed by atoms with Crippen molar-refractivity contribution in [1.82, 2.24) is 0 Å². The summed E-state index contributed by atoms with van der Waals surface area (Å²) in [5, 5.41) is 0. The zero-order valence-electron chi connectivity index (χ0n) is 11.0. The molecule has 3 atom stereocenters. The molecule has 0 bridgehead atoms. The van der Waals surface area contributed by atoms with E-state index < -0.39 is 0 Å². The maximum atomic E-state index is 10.9. The first-order valence-corrected chi connectivity index (χ1v) is 6.23. The second-order valence-electron chi connectivity index (χ2n) is 4.36. The first kappa shape index (κ1) is 13.4. The lowest BCUT2D eigenvalue weighted by Crippen LogP contribution is -2.35. The Balaban J connectivity index is 2.02. The van der Waals surface area contributed by atoms with Crippen molar-refractivity contribution in [1.29, 1.82) is 0 Å². The molecule has 0 unspecified atom stereocenters. The summed E-state index contributed by atoms with van der Waals surface area (Å²) in [5.41, 5.74) is 0.953. The van der Waals surface area contributed by atoms with Crippen molar-refractivity contribution in [2.75, 3.05) is 0 Å². The van der Waals surface area contributed by atoms with Crippen LogP contribution >= 0.6 is 0 Å². The Bertz CT molecular complexity index is 522. The van der Waals surface area contributed by atoms with E-state index in [2.05, 4.69) is 11.8 Å². The predicted octanol–water partition coefficient (Wildman–Crippen LogP) is 2.31. The minimum Gasteiger partial charge on any atom is -0.456 e. The molecule has 0 aliphatic carbocycles. The molecule has 0 saturated heterocycles. The molecule has 0 amide bonds. The van der Waals surface area contributed by atoms with Gasteiger partial charge in [-0.1, -0.05) is 30.0 Å². The Kier molecular flexibility index (Phi) is 4.38. The maximum absolute atomic E-state index is 10.9. The molecule has 1 aliphatic heterocycles. The fourth-order valence-electron chi connectivity index (χ4n) is 1.81. The lowest BCUT2D eigenvalue weighted by molar-refractivity contribution is -0.151. The zero-order valence-corrected chi connectivity index (χ0v) is 11.0. The van der Waals surface area contributed by atoms with Gasteiger partial charge in [-0.2, -0.15) is 0 Å². The first-order valence-electron chi connectivity index (χ1n) is 6.23. The summed E-state index contributed by atoms with van der Waals surface area (Å²) in [6.07, 6.45) is 2.88. The molecule has 1 aromatic carbocycles. The Morgan fingerprint density at radius 1 is 1.26 bits per heavy atom. The molecular weight excluding hydrogens is 240 g/mol. The number of carbonyl (C=O) groups excluding carboxylic acids is 1. The highest BCUT2D eigenvalue weighted by Crippen LogP contribution is 2.15. The summed E-state index contributed by atoms with van der Waals surface area (Å²) in [4.78, 5) is 10.9. The summed E-state index contributed by atoms with van der Waals surface area (Å²) >= 11 is 0. The molecule has 0 fully saturated rings. The van der Waals surface area contributed by atoms with Gasteiger partial charge in [0.2, 0.25) is 0 Å². The summed E-state index contributed by atoms with van der Waals surface area (Å²) < 4.78 is 10.8. The Labute approximate surface area is 113 Å². The topological polar surface area (TPSA) is 35.5 Å². The summed E-state index contributed by atoms with van der Waals surface area (Å²) in [6, 6.07) is 9.74. The van der Waals surface area contributed by atoms with Crippen molar-refractivity contribution in [3.05, 3.63) is 48.0 Å². The molecule has 0 aromatic heterocycles. The van der Waals surface area contributed by atoms with Crippen LogP contribution in [0, 0.1) is 11.8 Å². The number of hydrogen-bond donors (Lipinski definition) is 0.